The van der Waals surface area contributed by atoms with Gasteiger partial charge in [0.1, 0.15) is 0 Å². The number of benzene rings is 1. The molecule has 2 rings (SSSR count). The molecule has 0 aliphatic carbocycles. The quantitative estimate of drug-likeness (QED) is 0.834. The van der Waals surface area contributed by atoms with Crippen LogP contribution < -0.4 is 14.4 Å². The molecular weight excluding hydrogens is 246 g/mol. The number of nitrogens with zero attached hydrogens (tertiary/aromatic N) is 1. The molecule has 19 heavy (non-hydrogen) atoms. The summed E-state index contributed by atoms with van der Waals surface area (Å²) >= 11 is 0. The van der Waals surface area contributed by atoms with Gasteiger partial charge in [0, 0.05) is 31.8 Å². The molecule has 1 unspecified atom stereocenters. The second-order valence-electron chi connectivity index (χ2n) is 4.64. The predicted molar refractivity (Wildman–Crippen MR) is 73.0 cm³/mol. The molecule has 1 aliphatic rings. The molecule has 0 fully saturated rings. The third kappa shape index (κ3) is 3.30. The molecule has 1 atom stereocenters. The van der Waals surface area contributed by atoms with E-state index in [-0.39, 0.29) is 19.3 Å². The summed E-state index contributed by atoms with van der Waals surface area (Å²) in [5.74, 6) is 1.50. The summed E-state index contributed by atoms with van der Waals surface area (Å²) in [4.78, 5) is 1.95. The van der Waals surface area contributed by atoms with E-state index in [2.05, 4.69) is 0 Å². The first-order chi connectivity index (χ1) is 9.26. The largest absolute Gasteiger partial charge is 0.490 e. The van der Waals surface area contributed by atoms with E-state index in [0.717, 1.165) is 23.6 Å². The Bertz CT molecular complexity index is 410. The van der Waals surface area contributed by atoms with Gasteiger partial charge < -0.3 is 24.6 Å². The van der Waals surface area contributed by atoms with Crippen LogP contribution in [0, 0.1) is 0 Å². The summed E-state index contributed by atoms with van der Waals surface area (Å²) < 4.78 is 11.2. The SMILES string of the molecule is CN(c1ccc2c(c1)OCCCO2)C(CO)CCO. The number of aliphatic hydroxyl groups excluding tert-OH is 2. The Hall–Kier alpha value is -1.46. The summed E-state index contributed by atoms with van der Waals surface area (Å²) in [7, 11) is 1.90. The maximum absolute atomic E-state index is 9.36. The molecular formula is C14H21NO4. The highest BCUT2D eigenvalue weighted by Crippen LogP contribution is 2.33. The van der Waals surface area contributed by atoms with Gasteiger partial charge in [0.25, 0.3) is 0 Å². The van der Waals surface area contributed by atoms with Gasteiger partial charge in [-0.25, -0.2) is 0 Å². The number of hydrogen-bond donors (Lipinski definition) is 2. The monoisotopic (exact) mass is 267 g/mol. The highest BCUT2D eigenvalue weighted by atomic mass is 16.5. The van der Waals surface area contributed by atoms with Gasteiger partial charge in [-0.05, 0) is 18.6 Å². The van der Waals surface area contributed by atoms with Crippen LogP contribution in [0.25, 0.3) is 0 Å². The fourth-order valence-electron chi connectivity index (χ4n) is 2.14. The number of ether oxygens (including phenoxy) is 2. The average Bonchev–Trinajstić information content (AvgIpc) is 2.68. The molecule has 1 aromatic rings. The lowest BCUT2D eigenvalue weighted by atomic mass is 10.1. The van der Waals surface area contributed by atoms with Crippen molar-refractivity contribution in [3.05, 3.63) is 18.2 Å². The van der Waals surface area contributed by atoms with Crippen molar-refractivity contribution in [2.24, 2.45) is 0 Å². The Labute approximate surface area is 113 Å². The summed E-state index contributed by atoms with van der Waals surface area (Å²) in [6.45, 7) is 1.39. The number of fused-ring (bicyclic) bond motifs is 1. The molecule has 0 spiro atoms. The van der Waals surface area contributed by atoms with Crippen molar-refractivity contribution in [3.63, 3.8) is 0 Å². The first-order valence-corrected chi connectivity index (χ1v) is 6.60. The Kier molecular flexibility index (Phi) is 4.87. The molecule has 106 valence electrons. The molecule has 0 aromatic heterocycles. The molecule has 1 aromatic carbocycles. The predicted octanol–water partition coefficient (Wildman–Crippen LogP) is 1.03. The average molecular weight is 267 g/mol. The van der Waals surface area contributed by atoms with Crippen molar-refractivity contribution in [2.75, 3.05) is 38.4 Å². The Morgan fingerprint density at radius 2 is 1.95 bits per heavy atom. The Morgan fingerprint density at radius 3 is 2.63 bits per heavy atom. The van der Waals surface area contributed by atoms with Crippen molar-refractivity contribution >= 4 is 5.69 Å². The van der Waals surface area contributed by atoms with Crippen LogP contribution in [0.1, 0.15) is 12.8 Å². The van der Waals surface area contributed by atoms with Crippen molar-refractivity contribution in [3.8, 4) is 11.5 Å². The van der Waals surface area contributed by atoms with Gasteiger partial charge in [0.05, 0.1) is 25.9 Å². The highest BCUT2D eigenvalue weighted by molar-refractivity contribution is 5.56. The van der Waals surface area contributed by atoms with Crippen LogP contribution in [0.2, 0.25) is 0 Å². The first kappa shape index (κ1) is 14.0. The van der Waals surface area contributed by atoms with E-state index in [9.17, 15) is 5.11 Å². The minimum atomic E-state index is -0.102. The fourth-order valence-corrected chi connectivity index (χ4v) is 2.14. The van der Waals surface area contributed by atoms with Crippen molar-refractivity contribution in [2.45, 2.75) is 18.9 Å². The summed E-state index contributed by atoms with van der Waals surface area (Å²) in [6, 6.07) is 5.64. The first-order valence-electron chi connectivity index (χ1n) is 6.60. The van der Waals surface area contributed by atoms with E-state index in [1.807, 2.05) is 30.1 Å². The van der Waals surface area contributed by atoms with Crippen LogP contribution in [-0.2, 0) is 0 Å². The number of aliphatic hydroxyl groups is 2. The smallest absolute Gasteiger partial charge is 0.163 e. The minimum absolute atomic E-state index is 0.00546. The molecule has 1 heterocycles. The summed E-state index contributed by atoms with van der Waals surface area (Å²) in [6.07, 6.45) is 1.41. The van der Waals surface area contributed by atoms with Gasteiger partial charge >= 0.3 is 0 Å². The van der Waals surface area contributed by atoms with E-state index in [1.54, 1.807) is 0 Å². The second-order valence-corrected chi connectivity index (χ2v) is 4.64. The molecule has 5 nitrogen and oxygen atoms in total. The van der Waals surface area contributed by atoms with Gasteiger partial charge in [-0.15, -0.1) is 0 Å². The van der Waals surface area contributed by atoms with E-state index >= 15 is 0 Å². The van der Waals surface area contributed by atoms with Gasteiger partial charge in [-0.2, -0.15) is 0 Å². The zero-order valence-corrected chi connectivity index (χ0v) is 11.2. The van der Waals surface area contributed by atoms with Crippen LogP contribution in [-0.4, -0.2) is 49.7 Å². The van der Waals surface area contributed by atoms with E-state index in [1.165, 1.54) is 0 Å². The van der Waals surface area contributed by atoms with Gasteiger partial charge in [0.2, 0.25) is 0 Å². The van der Waals surface area contributed by atoms with Crippen molar-refractivity contribution < 1.29 is 19.7 Å². The third-order valence-electron chi connectivity index (χ3n) is 3.36. The van der Waals surface area contributed by atoms with Gasteiger partial charge in [0.15, 0.2) is 11.5 Å². The summed E-state index contributed by atoms with van der Waals surface area (Å²) in [5.41, 5.74) is 0.941. The lowest BCUT2D eigenvalue weighted by Gasteiger charge is -2.28. The zero-order valence-electron chi connectivity index (χ0n) is 11.2. The molecule has 2 N–H and O–H groups in total. The minimum Gasteiger partial charge on any atom is -0.490 e. The molecule has 1 aliphatic heterocycles. The normalized spacial score (nSPS) is 15.7. The van der Waals surface area contributed by atoms with Crippen LogP contribution in [0.15, 0.2) is 18.2 Å². The molecule has 0 amide bonds. The van der Waals surface area contributed by atoms with E-state index < -0.39 is 0 Å². The molecule has 5 heteroatoms. The number of likely N-dealkylation sites (N-methyl/N-ethyl adjacent to an activating group) is 1. The molecule has 0 saturated heterocycles. The van der Waals surface area contributed by atoms with Crippen LogP contribution in [0.4, 0.5) is 5.69 Å². The van der Waals surface area contributed by atoms with Gasteiger partial charge in [-0.3, -0.25) is 0 Å². The standard InChI is InChI=1S/C14H21NO4/c1-15(12(10-17)5-6-16)11-3-4-13-14(9-11)19-8-2-7-18-13/h3-4,9,12,16-17H,2,5-8,10H2,1H3. The summed E-state index contributed by atoms with van der Waals surface area (Å²) in [5, 5.41) is 18.4. The Morgan fingerprint density at radius 1 is 1.21 bits per heavy atom. The highest BCUT2D eigenvalue weighted by Gasteiger charge is 2.17. The number of rotatable bonds is 5. The number of hydrogen-bond acceptors (Lipinski definition) is 5. The lowest BCUT2D eigenvalue weighted by Crippen LogP contribution is -2.35. The fraction of sp³-hybridized carbons (Fsp3) is 0.571. The van der Waals surface area contributed by atoms with Crippen LogP contribution in [0.3, 0.4) is 0 Å². The van der Waals surface area contributed by atoms with E-state index in [0.29, 0.717) is 19.6 Å². The van der Waals surface area contributed by atoms with E-state index in [4.69, 9.17) is 14.6 Å². The molecule has 0 radical (unpaired) electrons. The zero-order chi connectivity index (χ0) is 13.7. The Balaban J connectivity index is 2.18. The van der Waals surface area contributed by atoms with Crippen molar-refractivity contribution in [1.29, 1.82) is 0 Å². The van der Waals surface area contributed by atoms with Crippen LogP contribution in [0.5, 0.6) is 11.5 Å². The third-order valence-corrected chi connectivity index (χ3v) is 3.36. The lowest BCUT2D eigenvalue weighted by molar-refractivity contribution is 0.218. The van der Waals surface area contributed by atoms with Gasteiger partial charge in [-0.1, -0.05) is 0 Å². The maximum atomic E-state index is 9.36. The molecule has 0 saturated carbocycles. The number of anilines is 1. The maximum Gasteiger partial charge on any atom is 0.163 e. The van der Waals surface area contributed by atoms with Crippen molar-refractivity contribution in [1.82, 2.24) is 0 Å². The molecule has 0 bridgehead atoms. The second kappa shape index (κ2) is 6.63. The topological polar surface area (TPSA) is 62.2 Å². The van der Waals surface area contributed by atoms with Crippen LogP contribution >= 0.6 is 0 Å².